The van der Waals surface area contributed by atoms with E-state index >= 15 is 0 Å². The van der Waals surface area contributed by atoms with Gasteiger partial charge in [0.25, 0.3) is 0 Å². The van der Waals surface area contributed by atoms with E-state index in [1.165, 1.54) is 12.8 Å². The van der Waals surface area contributed by atoms with Crippen LogP contribution in [0.1, 0.15) is 45.1 Å². The molecule has 1 saturated heterocycles. The minimum atomic E-state index is 0.381. The molecule has 1 N–H and O–H groups in total. The highest BCUT2D eigenvalue weighted by molar-refractivity contribution is 5.26. The highest BCUT2D eigenvalue weighted by atomic mass is 16.5. The number of ether oxygens (including phenoxy) is 1. The van der Waals surface area contributed by atoms with Gasteiger partial charge < -0.3 is 10.1 Å². The quantitative estimate of drug-likeness (QED) is 0.886. The maximum Gasteiger partial charge on any atom is 0.222 e. The van der Waals surface area contributed by atoms with E-state index in [-0.39, 0.29) is 0 Å². The minimum Gasteiger partial charge on any atom is -0.378 e. The molecule has 0 aromatic carbocycles. The first-order valence-corrected chi connectivity index (χ1v) is 7.39. The SMILES string of the molecule is CCC(CC)C1CC(Nc2ncc(C)cn2)CCO1. The molecule has 1 aliphatic rings. The van der Waals surface area contributed by atoms with E-state index in [0.717, 1.165) is 31.0 Å². The fourth-order valence-corrected chi connectivity index (χ4v) is 2.75. The summed E-state index contributed by atoms with van der Waals surface area (Å²) in [5.74, 6) is 1.41. The molecule has 4 heteroatoms. The number of nitrogens with one attached hydrogen (secondary N) is 1. The van der Waals surface area contributed by atoms with Gasteiger partial charge in [0, 0.05) is 25.0 Å². The Morgan fingerprint density at radius 3 is 2.63 bits per heavy atom. The molecule has 1 aromatic heterocycles. The van der Waals surface area contributed by atoms with Crippen LogP contribution in [0.5, 0.6) is 0 Å². The van der Waals surface area contributed by atoms with Crippen molar-refractivity contribution in [1.82, 2.24) is 9.97 Å². The monoisotopic (exact) mass is 263 g/mol. The van der Waals surface area contributed by atoms with Gasteiger partial charge in [-0.3, -0.25) is 0 Å². The van der Waals surface area contributed by atoms with Gasteiger partial charge in [0.1, 0.15) is 0 Å². The third-order valence-electron chi connectivity index (χ3n) is 4.00. The van der Waals surface area contributed by atoms with Crippen molar-refractivity contribution in [3.63, 3.8) is 0 Å². The second-order valence-corrected chi connectivity index (χ2v) is 5.44. The Balaban J connectivity index is 1.92. The summed E-state index contributed by atoms with van der Waals surface area (Å²) in [6.45, 7) is 7.33. The van der Waals surface area contributed by atoms with E-state index in [4.69, 9.17) is 4.74 Å². The fraction of sp³-hybridized carbons (Fsp3) is 0.733. The molecule has 19 heavy (non-hydrogen) atoms. The summed E-state index contributed by atoms with van der Waals surface area (Å²) in [5, 5.41) is 3.44. The largest absolute Gasteiger partial charge is 0.378 e. The van der Waals surface area contributed by atoms with Crippen LogP contribution in [0.15, 0.2) is 12.4 Å². The highest BCUT2D eigenvalue weighted by Gasteiger charge is 2.27. The Labute approximate surface area is 116 Å². The predicted molar refractivity (Wildman–Crippen MR) is 77.2 cm³/mol. The summed E-state index contributed by atoms with van der Waals surface area (Å²) >= 11 is 0. The van der Waals surface area contributed by atoms with E-state index in [1.807, 2.05) is 19.3 Å². The number of aromatic nitrogens is 2. The van der Waals surface area contributed by atoms with Gasteiger partial charge in [0.15, 0.2) is 0 Å². The van der Waals surface area contributed by atoms with Crippen molar-refractivity contribution >= 4 is 5.95 Å². The minimum absolute atomic E-state index is 0.381. The molecule has 1 fully saturated rings. The van der Waals surface area contributed by atoms with Gasteiger partial charge >= 0.3 is 0 Å². The Kier molecular flexibility index (Phi) is 5.14. The fourth-order valence-electron chi connectivity index (χ4n) is 2.75. The lowest BCUT2D eigenvalue weighted by molar-refractivity contribution is -0.0271. The molecular weight excluding hydrogens is 238 g/mol. The van der Waals surface area contributed by atoms with Gasteiger partial charge in [-0.05, 0) is 31.2 Å². The zero-order chi connectivity index (χ0) is 13.7. The standard InChI is InChI=1S/C15H25N3O/c1-4-12(5-2)14-8-13(6-7-19-14)18-15-16-9-11(3)10-17-15/h9-10,12-14H,4-8H2,1-3H3,(H,16,17,18). The number of aryl methyl sites for hydroxylation is 1. The third-order valence-corrected chi connectivity index (χ3v) is 4.00. The lowest BCUT2D eigenvalue weighted by Crippen LogP contribution is -2.38. The Morgan fingerprint density at radius 1 is 1.32 bits per heavy atom. The highest BCUT2D eigenvalue weighted by Crippen LogP contribution is 2.26. The molecule has 1 aliphatic heterocycles. The van der Waals surface area contributed by atoms with Crippen LogP contribution in [0.2, 0.25) is 0 Å². The number of hydrogen-bond donors (Lipinski definition) is 1. The molecule has 2 rings (SSSR count). The topological polar surface area (TPSA) is 47.0 Å². The number of hydrogen-bond acceptors (Lipinski definition) is 4. The molecule has 0 spiro atoms. The summed E-state index contributed by atoms with van der Waals surface area (Å²) in [6.07, 6.45) is 8.56. The third kappa shape index (κ3) is 3.90. The van der Waals surface area contributed by atoms with Crippen LogP contribution >= 0.6 is 0 Å². The van der Waals surface area contributed by atoms with Crippen LogP contribution in [-0.4, -0.2) is 28.7 Å². The smallest absolute Gasteiger partial charge is 0.222 e. The molecule has 0 saturated carbocycles. The molecule has 0 radical (unpaired) electrons. The molecule has 1 aromatic rings. The normalized spacial score (nSPS) is 23.6. The van der Waals surface area contributed by atoms with Crippen LogP contribution in [0.4, 0.5) is 5.95 Å². The van der Waals surface area contributed by atoms with E-state index in [0.29, 0.717) is 18.1 Å². The van der Waals surface area contributed by atoms with Crippen molar-refractivity contribution < 1.29 is 4.74 Å². The van der Waals surface area contributed by atoms with Crippen molar-refractivity contribution in [3.05, 3.63) is 18.0 Å². The summed E-state index contributed by atoms with van der Waals surface area (Å²) in [6, 6.07) is 0.432. The molecule has 0 bridgehead atoms. The summed E-state index contributed by atoms with van der Waals surface area (Å²) < 4.78 is 5.93. The average Bonchev–Trinajstić information content (AvgIpc) is 2.43. The Hall–Kier alpha value is -1.16. The van der Waals surface area contributed by atoms with Crippen molar-refractivity contribution in [1.29, 1.82) is 0 Å². The second kappa shape index (κ2) is 6.85. The van der Waals surface area contributed by atoms with Gasteiger partial charge in [0.2, 0.25) is 5.95 Å². The summed E-state index contributed by atoms with van der Waals surface area (Å²) in [5.41, 5.74) is 1.09. The van der Waals surface area contributed by atoms with Gasteiger partial charge in [-0.1, -0.05) is 26.7 Å². The van der Waals surface area contributed by atoms with Crippen LogP contribution in [-0.2, 0) is 4.74 Å². The molecule has 0 aliphatic carbocycles. The lowest BCUT2D eigenvalue weighted by atomic mass is 9.89. The molecule has 106 valence electrons. The van der Waals surface area contributed by atoms with Crippen molar-refractivity contribution in [3.8, 4) is 0 Å². The molecule has 2 heterocycles. The maximum absolute atomic E-state index is 5.93. The molecule has 2 unspecified atom stereocenters. The molecule has 2 atom stereocenters. The first-order chi connectivity index (χ1) is 9.22. The maximum atomic E-state index is 5.93. The van der Waals surface area contributed by atoms with Crippen LogP contribution in [0.3, 0.4) is 0 Å². The van der Waals surface area contributed by atoms with Gasteiger partial charge in [0.05, 0.1) is 6.10 Å². The lowest BCUT2D eigenvalue weighted by Gasteiger charge is -2.34. The zero-order valence-electron chi connectivity index (χ0n) is 12.2. The molecular formula is C15H25N3O. The zero-order valence-corrected chi connectivity index (χ0v) is 12.2. The predicted octanol–water partition coefficient (Wildman–Crippen LogP) is 3.18. The second-order valence-electron chi connectivity index (χ2n) is 5.44. The number of rotatable bonds is 5. The Bertz CT molecular complexity index is 375. The van der Waals surface area contributed by atoms with E-state index in [9.17, 15) is 0 Å². The number of nitrogens with zero attached hydrogens (tertiary/aromatic N) is 2. The van der Waals surface area contributed by atoms with E-state index in [2.05, 4.69) is 29.1 Å². The van der Waals surface area contributed by atoms with Crippen molar-refractivity contribution in [2.45, 2.75) is 58.6 Å². The average molecular weight is 263 g/mol. The summed E-state index contributed by atoms with van der Waals surface area (Å²) in [7, 11) is 0. The molecule has 4 nitrogen and oxygen atoms in total. The van der Waals surface area contributed by atoms with Gasteiger partial charge in [-0.2, -0.15) is 0 Å². The first kappa shape index (κ1) is 14.3. The van der Waals surface area contributed by atoms with E-state index < -0.39 is 0 Å². The van der Waals surface area contributed by atoms with Crippen molar-refractivity contribution in [2.75, 3.05) is 11.9 Å². The van der Waals surface area contributed by atoms with Crippen LogP contribution in [0.25, 0.3) is 0 Å². The number of anilines is 1. The van der Waals surface area contributed by atoms with Crippen molar-refractivity contribution in [2.24, 2.45) is 5.92 Å². The summed E-state index contributed by atoms with van der Waals surface area (Å²) in [4.78, 5) is 8.64. The Morgan fingerprint density at radius 2 is 2.00 bits per heavy atom. The van der Waals surface area contributed by atoms with Gasteiger partial charge in [-0.15, -0.1) is 0 Å². The van der Waals surface area contributed by atoms with Crippen LogP contribution < -0.4 is 5.32 Å². The first-order valence-electron chi connectivity index (χ1n) is 7.39. The molecule has 0 amide bonds. The van der Waals surface area contributed by atoms with E-state index in [1.54, 1.807) is 0 Å². The van der Waals surface area contributed by atoms with Gasteiger partial charge in [-0.25, -0.2) is 9.97 Å². The van der Waals surface area contributed by atoms with Crippen LogP contribution in [0, 0.1) is 12.8 Å².